The van der Waals surface area contributed by atoms with E-state index in [1.165, 1.54) is 11.4 Å². The van der Waals surface area contributed by atoms with Gasteiger partial charge in [-0.25, -0.2) is 13.2 Å². The number of carbonyl (C=O) groups excluding carboxylic acids is 1. The van der Waals surface area contributed by atoms with Gasteiger partial charge in [-0.2, -0.15) is 4.31 Å². The number of para-hydroxylation sites is 1. The summed E-state index contributed by atoms with van der Waals surface area (Å²) in [5.74, 6) is -0.192. The molecule has 1 aromatic carbocycles. The van der Waals surface area contributed by atoms with E-state index in [1.807, 2.05) is 24.0 Å². The van der Waals surface area contributed by atoms with E-state index in [-0.39, 0.29) is 11.7 Å². The van der Waals surface area contributed by atoms with Crippen molar-refractivity contribution in [1.29, 1.82) is 0 Å². The minimum absolute atomic E-state index is 0.186. The Hall–Kier alpha value is -1.60. The van der Waals surface area contributed by atoms with Crippen LogP contribution in [-0.2, 0) is 14.8 Å². The number of sulfonamides is 1. The van der Waals surface area contributed by atoms with Crippen LogP contribution in [0, 0.1) is 0 Å². The SMILES string of the molecule is CCCS(=O)(=O)N1CCN(c2ccccc2C(=O)OC)CC1. The number of piperazine rings is 1. The molecule has 1 aliphatic heterocycles. The first-order chi connectivity index (χ1) is 10.5. The lowest BCUT2D eigenvalue weighted by Crippen LogP contribution is -2.49. The van der Waals surface area contributed by atoms with Gasteiger partial charge < -0.3 is 9.64 Å². The lowest BCUT2D eigenvalue weighted by Gasteiger charge is -2.36. The third-order valence-corrected chi connectivity index (χ3v) is 5.82. The topological polar surface area (TPSA) is 66.9 Å². The van der Waals surface area contributed by atoms with Crippen molar-refractivity contribution in [3.63, 3.8) is 0 Å². The molecule has 1 heterocycles. The number of rotatable bonds is 5. The summed E-state index contributed by atoms with van der Waals surface area (Å²) < 4.78 is 30.5. The Morgan fingerprint density at radius 3 is 2.41 bits per heavy atom. The number of esters is 1. The molecule has 0 unspecified atom stereocenters. The molecule has 0 N–H and O–H groups in total. The molecule has 22 heavy (non-hydrogen) atoms. The number of benzene rings is 1. The van der Waals surface area contributed by atoms with E-state index in [9.17, 15) is 13.2 Å². The predicted octanol–water partition coefficient (Wildman–Crippen LogP) is 1.33. The molecule has 0 saturated carbocycles. The van der Waals surface area contributed by atoms with E-state index >= 15 is 0 Å². The number of hydrogen-bond donors (Lipinski definition) is 0. The first-order valence-corrected chi connectivity index (χ1v) is 9.00. The second-order valence-electron chi connectivity index (χ2n) is 5.21. The van der Waals surface area contributed by atoms with Gasteiger partial charge in [-0.15, -0.1) is 0 Å². The zero-order chi connectivity index (χ0) is 16.2. The summed E-state index contributed by atoms with van der Waals surface area (Å²) in [5, 5.41) is 0. The summed E-state index contributed by atoms with van der Waals surface area (Å²) in [6.45, 7) is 3.88. The Bertz CT molecular complexity index is 622. The molecule has 0 atom stereocenters. The summed E-state index contributed by atoms with van der Waals surface area (Å²) in [4.78, 5) is 13.9. The lowest BCUT2D eigenvalue weighted by molar-refractivity contribution is 0.0601. The quantitative estimate of drug-likeness (QED) is 0.764. The summed E-state index contributed by atoms with van der Waals surface area (Å²) in [5.41, 5.74) is 1.30. The molecule has 122 valence electrons. The zero-order valence-corrected chi connectivity index (χ0v) is 13.8. The second kappa shape index (κ2) is 7.11. The van der Waals surface area contributed by atoms with E-state index in [0.717, 1.165) is 5.69 Å². The van der Waals surface area contributed by atoms with Crippen molar-refractivity contribution >= 4 is 21.7 Å². The maximum absolute atomic E-state index is 12.1. The van der Waals surface area contributed by atoms with E-state index in [1.54, 1.807) is 12.1 Å². The Kier molecular flexibility index (Phi) is 5.42. The second-order valence-corrected chi connectivity index (χ2v) is 7.30. The summed E-state index contributed by atoms with van der Waals surface area (Å²) in [6.07, 6.45) is 0.619. The predicted molar refractivity (Wildman–Crippen MR) is 85.6 cm³/mol. The third-order valence-electron chi connectivity index (χ3n) is 3.74. The van der Waals surface area contributed by atoms with Crippen LogP contribution in [0.5, 0.6) is 0 Å². The van der Waals surface area contributed by atoms with Gasteiger partial charge in [-0.1, -0.05) is 19.1 Å². The van der Waals surface area contributed by atoms with Crippen LogP contribution >= 0.6 is 0 Å². The highest BCUT2D eigenvalue weighted by molar-refractivity contribution is 7.89. The highest BCUT2D eigenvalue weighted by atomic mass is 32.2. The van der Waals surface area contributed by atoms with Gasteiger partial charge >= 0.3 is 5.97 Å². The van der Waals surface area contributed by atoms with E-state index in [4.69, 9.17) is 4.74 Å². The normalized spacial score (nSPS) is 16.5. The van der Waals surface area contributed by atoms with E-state index in [2.05, 4.69) is 0 Å². The molecule has 0 aliphatic carbocycles. The minimum Gasteiger partial charge on any atom is -0.465 e. The highest BCUT2D eigenvalue weighted by Crippen LogP contribution is 2.23. The average molecular weight is 326 g/mol. The molecule has 0 amide bonds. The first kappa shape index (κ1) is 16.8. The largest absolute Gasteiger partial charge is 0.465 e. The molecule has 2 rings (SSSR count). The molecule has 1 aliphatic rings. The van der Waals surface area contributed by atoms with Crippen LogP contribution in [-0.4, -0.2) is 57.7 Å². The molecular weight excluding hydrogens is 304 g/mol. The van der Waals surface area contributed by atoms with Crippen molar-refractivity contribution in [2.45, 2.75) is 13.3 Å². The molecule has 1 aromatic rings. The van der Waals surface area contributed by atoms with E-state index < -0.39 is 10.0 Å². The average Bonchev–Trinajstić information content (AvgIpc) is 2.54. The Morgan fingerprint density at radius 1 is 1.18 bits per heavy atom. The van der Waals surface area contributed by atoms with Gasteiger partial charge in [0.05, 0.1) is 24.1 Å². The third kappa shape index (κ3) is 3.59. The Labute approximate surface area is 131 Å². The van der Waals surface area contributed by atoms with Crippen molar-refractivity contribution in [3.05, 3.63) is 29.8 Å². The summed E-state index contributed by atoms with van der Waals surface area (Å²) >= 11 is 0. The van der Waals surface area contributed by atoms with Gasteiger partial charge in [0.25, 0.3) is 0 Å². The molecule has 0 spiro atoms. The fourth-order valence-corrected chi connectivity index (χ4v) is 4.12. The summed E-state index contributed by atoms with van der Waals surface area (Å²) in [6, 6.07) is 7.24. The number of nitrogens with zero attached hydrogens (tertiary/aromatic N) is 2. The van der Waals surface area contributed by atoms with Crippen molar-refractivity contribution in [1.82, 2.24) is 4.31 Å². The van der Waals surface area contributed by atoms with Gasteiger partial charge in [0.1, 0.15) is 0 Å². The lowest BCUT2D eigenvalue weighted by atomic mass is 10.1. The summed E-state index contributed by atoms with van der Waals surface area (Å²) in [7, 11) is -1.80. The van der Waals surface area contributed by atoms with Gasteiger partial charge in [0, 0.05) is 26.2 Å². The van der Waals surface area contributed by atoms with Gasteiger partial charge in [-0.3, -0.25) is 0 Å². The molecule has 7 heteroatoms. The van der Waals surface area contributed by atoms with Crippen molar-refractivity contribution in [2.75, 3.05) is 43.9 Å². The fraction of sp³-hybridized carbons (Fsp3) is 0.533. The number of hydrogen-bond acceptors (Lipinski definition) is 5. The van der Waals surface area contributed by atoms with Crippen LogP contribution in [0.25, 0.3) is 0 Å². The number of ether oxygens (including phenoxy) is 1. The number of anilines is 1. The van der Waals surface area contributed by atoms with Crippen LogP contribution in [0.2, 0.25) is 0 Å². The van der Waals surface area contributed by atoms with Crippen LogP contribution < -0.4 is 4.90 Å². The molecule has 1 saturated heterocycles. The Morgan fingerprint density at radius 2 is 1.82 bits per heavy atom. The van der Waals surface area contributed by atoms with Gasteiger partial charge in [-0.05, 0) is 18.6 Å². The molecule has 6 nitrogen and oxygen atoms in total. The zero-order valence-electron chi connectivity index (χ0n) is 13.0. The molecule has 1 fully saturated rings. The maximum atomic E-state index is 12.1. The maximum Gasteiger partial charge on any atom is 0.339 e. The van der Waals surface area contributed by atoms with Crippen molar-refractivity contribution in [2.24, 2.45) is 0 Å². The smallest absolute Gasteiger partial charge is 0.339 e. The standard InChI is InChI=1S/C15H22N2O4S/c1-3-12-22(19,20)17-10-8-16(9-11-17)14-7-5-4-6-13(14)15(18)21-2/h4-7H,3,8-12H2,1-2H3. The van der Waals surface area contributed by atoms with Crippen LogP contribution in [0.4, 0.5) is 5.69 Å². The number of methoxy groups -OCH3 is 1. The van der Waals surface area contributed by atoms with Gasteiger partial charge in [0.2, 0.25) is 10.0 Å². The van der Waals surface area contributed by atoms with Crippen molar-refractivity contribution in [3.8, 4) is 0 Å². The van der Waals surface area contributed by atoms with Crippen LogP contribution in [0.15, 0.2) is 24.3 Å². The Balaban J connectivity index is 2.11. The monoisotopic (exact) mass is 326 g/mol. The fourth-order valence-electron chi connectivity index (χ4n) is 2.63. The minimum atomic E-state index is -3.16. The van der Waals surface area contributed by atoms with Crippen LogP contribution in [0.1, 0.15) is 23.7 Å². The highest BCUT2D eigenvalue weighted by Gasteiger charge is 2.27. The van der Waals surface area contributed by atoms with Crippen LogP contribution in [0.3, 0.4) is 0 Å². The first-order valence-electron chi connectivity index (χ1n) is 7.39. The van der Waals surface area contributed by atoms with Crippen molar-refractivity contribution < 1.29 is 17.9 Å². The van der Waals surface area contributed by atoms with Gasteiger partial charge in [0.15, 0.2) is 0 Å². The molecule has 0 bridgehead atoms. The van der Waals surface area contributed by atoms with E-state index in [0.29, 0.717) is 38.2 Å². The number of carbonyl (C=O) groups is 1. The molecule has 0 radical (unpaired) electrons. The molecule has 0 aromatic heterocycles. The molecular formula is C15H22N2O4S.